The Hall–Kier alpha value is -1.55. The lowest BCUT2D eigenvalue weighted by Crippen LogP contribution is -2.40. The summed E-state index contributed by atoms with van der Waals surface area (Å²) in [4.78, 5) is 12.0. The van der Waals surface area contributed by atoms with E-state index in [1.54, 1.807) is 0 Å². The largest absolute Gasteiger partial charge is 0.494 e. The first-order valence-corrected chi connectivity index (χ1v) is 7.40. The van der Waals surface area contributed by atoms with E-state index in [4.69, 9.17) is 10.5 Å². The maximum atomic E-state index is 12.0. The Labute approximate surface area is 120 Å². The number of anilines is 1. The Morgan fingerprint density at radius 2 is 2.05 bits per heavy atom. The van der Waals surface area contributed by atoms with Crippen LogP contribution in [0.3, 0.4) is 0 Å². The third-order valence-electron chi connectivity index (χ3n) is 3.99. The monoisotopic (exact) mass is 276 g/mol. The predicted octanol–water partition coefficient (Wildman–Crippen LogP) is 2.93. The Morgan fingerprint density at radius 1 is 1.35 bits per heavy atom. The highest BCUT2D eigenvalue weighted by Gasteiger charge is 2.37. The molecule has 110 valence electrons. The van der Waals surface area contributed by atoms with Gasteiger partial charge < -0.3 is 15.8 Å². The molecule has 1 aliphatic rings. The molecule has 0 atom stereocenters. The standard InChI is InChI=1S/C16H24N2O2/c1-2-10-20-14-6-4-13(5-7-14)18-15(19)11-16(12-17)8-3-9-16/h4-7H,2-3,8-12,17H2,1H3,(H,18,19). The van der Waals surface area contributed by atoms with Crippen LogP contribution in [0.1, 0.15) is 39.0 Å². The summed E-state index contributed by atoms with van der Waals surface area (Å²) in [5.41, 5.74) is 6.64. The van der Waals surface area contributed by atoms with Gasteiger partial charge in [0.05, 0.1) is 6.61 Å². The smallest absolute Gasteiger partial charge is 0.224 e. The van der Waals surface area contributed by atoms with Gasteiger partial charge in [0, 0.05) is 12.1 Å². The Morgan fingerprint density at radius 3 is 2.55 bits per heavy atom. The van der Waals surface area contributed by atoms with Crippen molar-refractivity contribution < 1.29 is 9.53 Å². The highest BCUT2D eigenvalue weighted by molar-refractivity contribution is 5.91. The molecule has 1 fully saturated rings. The van der Waals surface area contributed by atoms with Crippen LogP contribution in [0.15, 0.2) is 24.3 Å². The normalized spacial score (nSPS) is 16.3. The van der Waals surface area contributed by atoms with Crippen molar-refractivity contribution in [2.45, 2.75) is 39.0 Å². The Balaban J connectivity index is 1.84. The Bertz CT molecular complexity index is 433. The maximum absolute atomic E-state index is 12.0. The number of benzene rings is 1. The van der Waals surface area contributed by atoms with Crippen molar-refractivity contribution in [2.24, 2.45) is 11.1 Å². The molecule has 0 bridgehead atoms. The molecular weight excluding hydrogens is 252 g/mol. The molecule has 1 saturated carbocycles. The average Bonchev–Trinajstić information content (AvgIpc) is 2.42. The highest BCUT2D eigenvalue weighted by atomic mass is 16.5. The van der Waals surface area contributed by atoms with E-state index >= 15 is 0 Å². The summed E-state index contributed by atoms with van der Waals surface area (Å²) in [6, 6.07) is 7.51. The number of nitrogens with one attached hydrogen (secondary N) is 1. The van der Waals surface area contributed by atoms with E-state index in [1.807, 2.05) is 24.3 Å². The lowest BCUT2D eigenvalue weighted by atomic mass is 9.66. The number of hydrogen-bond donors (Lipinski definition) is 2. The van der Waals surface area contributed by atoms with Crippen LogP contribution in [0, 0.1) is 5.41 Å². The zero-order chi connectivity index (χ0) is 14.4. The minimum atomic E-state index is 0.0499. The van der Waals surface area contributed by atoms with Crippen molar-refractivity contribution in [2.75, 3.05) is 18.5 Å². The molecule has 1 aromatic rings. The average molecular weight is 276 g/mol. The van der Waals surface area contributed by atoms with Crippen LogP contribution in [-0.2, 0) is 4.79 Å². The van der Waals surface area contributed by atoms with Crippen LogP contribution in [0.2, 0.25) is 0 Å². The molecule has 0 radical (unpaired) electrons. The fourth-order valence-electron chi connectivity index (χ4n) is 2.53. The molecule has 0 spiro atoms. The lowest BCUT2D eigenvalue weighted by Gasteiger charge is -2.40. The van der Waals surface area contributed by atoms with Crippen molar-refractivity contribution in [1.29, 1.82) is 0 Å². The fourth-order valence-corrected chi connectivity index (χ4v) is 2.53. The quantitative estimate of drug-likeness (QED) is 0.804. The van der Waals surface area contributed by atoms with Crippen molar-refractivity contribution in [1.82, 2.24) is 0 Å². The lowest BCUT2D eigenvalue weighted by molar-refractivity contribution is -0.119. The Kier molecular flexibility index (Phi) is 5.01. The molecule has 0 saturated heterocycles. The van der Waals surface area contributed by atoms with Crippen molar-refractivity contribution in [3.05, 3.63) is 24.3 Å². The summed E-state index contributed by atoms with van der Waals surface area (Å²) in [5.74, 6) is 0.889. The number of nitrogens with two attached hydrogens (primary N) is 1. The minimum Gasteiger partial charge on any atom is -0.494 e. The number of ether oxygens (including phenoxy) is 1. The maximum Gasteiger partial charge on any atom is 0.224 e. The van der Waals surface area contributed by atoms with E-state index < -0.39 is 0 Å². The zero-order valence-electron chi connectivity index (χ0n) is 12.2. The van der Waals surface area contributed by atoms with Crippen LogP contribution in [0.5, 0.6) is 5.75 Å². The molecule has 4 heteroatoms. The SMILES string of the molecule is CCCOc1ccc(NC(=O)CC2(CN)CCC2)cc1. The van der Waals surface area contributed by atoms with E-state index in [9.17, 15) is 4.79 Å². The molecule has 1 aliphatic carbocycles. The summed E-state index contributed by atoms with van der Waals surface area (Å²) >= 11 is 0. The summed E-state index contributed by atoms with van der Waals surface area (Å²) in [7, 11) is 0. The molecule has 0 heterocycles. The first kappa shape index (κ1) is 14.9. The third-order valence-corrected chi connectivity index (χ3v) is 3.99. The van der Waals surface area contributed by atoms with Crippen LogP contribution in [0.4, 0.5) is 5.69 Å². The highest BCUT2D eigenvalue weighted by Crippen LogP contribution is 2.43. The third kappa shape index (κ3) is 3.73. The molecule has 20 heavy (non-hydrogen) atoms. The second-order valence-electron chi connectivity index (χ2n) is 5.66. The van der Waals surface area contributed by atoms with E-state index in [0.717, 1.165) is 30.7 Å². The van der Waals surface area contributed by atoms with E-state index in [-0.39, 0.29) is 11.3 Å². The molecule has 0 aromatic heterocycles. The van der Waals surface area contributed by atoms with Crippen molar-refractivity contribution in [3.63, 3.8) is 0 Å². The molecule has 0 unspecified atom stereocenters. The molecule has 2 rings (SSSR count). The van der Waals surface area contributed by atoms with Gasteiger partial charge in [0.2, 0.25) is 5.91 Å². The molecule has 1 amide bonds. The van der Waals surface area contributed by atoms with Crippen LogP contribution in [-0.4, -0.2) is 19.1 Å². The second-order valence-corrected chi connectivity index (χ2v) is 5.66. The van der Waals surface area contributed by atoms with Crippen LogP contribution < -0.4 is 15.8 Å². The first-order chi connectivity index (χ1) is 9.67. The van der Waals surface area contributed by atoms with Gasteiger partial charge in [-0.3, -0.25) is 4.79 Å². The van der Waals surface area contributed by atoms with Crippen molar-refractivity contribution >= 4 is 11.6 Å². The molecule has 3 N–H and O–H groups in total. The fraction of sp³-hybridized carbons (Fsp3) is 0.562. The summed E-state index contributed by atoms with van der Waals surface area (Å²) < 4.78 is 5.51. The van der Waals surface area contributed by atoms with Gasteiger partial charge in [0.25, 0.3) is 0 Å². The van der Waals surface area contributed by atoms with E-state index in [2.05, 4.69) is 12.2 Å². The number of carbonyl (C=O) groups excluding carboxylic acids is 1. The topological polar surface area (TPSA) is 64.3 Å². The number of rotatable bonds is 7. The number of hydrogen-bond acceptors (Lipinski definition) is 3. The first-order valence-electron chi connectivity index (χ1n) is 7.40. The molecule has 1 aromatic carbocycles. The minimum absolute atomic E-state index is 0.0499. The van der Waals surface area contributed by atoms with Crippen LogP contribution >= 0.6 is 0 Å². The predicted molar refractivity (Wildman–Crippen MR) is 80.8 cm³/mol. The number of carbonyl (C=O) groups is 1. The van der Waals surface area contributed by atoms with Gasteiger partial charge in [0.15, 0.2) is 0 Å². The number of amides is 1. The van der Waals surface area contributed by atoms with Gasteiger partial charge in [-0.1, -0.05) is 13.3 Å². The molecule has 0 aliphatic heterocycles. The van der Waals surface area contributed by atoms with E-state index in [0.29, 0.717) is 19.6 Å². The van der Waals surface area contributed by atoms with Crippen LogP contribution in [0.25, 0.3) is 0 Å². The van der Waals surface area contributed by atoms with Gasteiger partial charge >= 0.3 is 0 Å². The van der Waals surface area contributed by atoms with Gasteiger partial charge in [-0.25, -0.2) is 0 Å². The van der Waals surface area contributed by atoms with Crippen molar-refractivity contribution in [3.8, 4) is 5.75 Å². The van der Waals surface area contributed by atoms with Gasteiger partial charge in [-0.15, -0.1) is 0 Å². The zero-order valence-corrected chi connectivity index (χ0v) is 12.2. The summed E-state index contributed by atoms with van der Waals surface area (Å²) in [6.45, 7) is 3.39. The van der Waals surface area contributed by atoms with Gasteiger partial charge in [-0.05, 0) is 55.5 Å². The second kappa shape index (κ2) is 6.75. The van der Waals surface area contributed by atoms with Gasteiger partial charge in [-0.2, -0.15) is 0 Å². The van der Waals surface area contributed by atoms with Gasteiger partial charge in [0.1, 0.15) is 5.75 Å². The summed E-state index contributed by atoms with van der Waals surface area (Å²) in [6.07, 6.45) is 4.84. The molecular formula is C16H24N2O2. The molecule has 4 nitrogen and oxygen atoms in total. The summed E-state index contributed by atoms with van der Waals surface area (Å²) in [5, 5.41) is 2.93. The van der Waals surface area contributed by atoms with E-state index in [1.165, 1.54) is 6.42 Å².